The highest BCUT2D eigenvalue weighted by Crippen LogP contribution is 2.23. The molecule has 0 radical (unpaired) electrons. The summed E-state index contributed by atoms with van der Waals surface area (Å²) in [6.45, 7) is -0.338. The molecule has 0 spiro atoms. The molecule has 8 heteroatoms. The maximum Gasteiger partial charge on any atom is 0.401 e. The molecule has 1 atom stereocenters. The number of aromatic nitrogens is 2. The number of amides is 1. The lowest BCUT2D eigenvalue weighted by Gasteiger charge is -2.25. The van der Waals surface area contributed by atoms with Crippen LogP contribution in [0.5, 0.6) is 0 Å². The van der Waals surface area contributed by atoms with Crippen LogP contribution in [-0.4, -0.2) is 52.6 Å². The van der Waals surface area contributed by atoms with Gasteiger partial charge in [0.25, 0.3) is 5.91 Å². The number of likely N-dealkylation sites (tertiary alicyclic amines) is 1. The van der Waals surface area contributed by atoms with E-state index in [9.17, 15) is 18.0 Å². The smallest absolute Gasteiger partial charge is 0.349 e. The highest BCUT2D eigenvalue weighted by molar-refractivity contribution is 5.91. The fourth-order valence-corrected chi connectivity index (χ4v) is 2.28. The van der Waals surface area contributed by atoms with E-state index in [-0.39, 0.29) is 18.3 Å². The van der Waals surface area contributed by atoms with Crippen molar-refractivity contribution in [3.8, 4) is 0 Å². The molecule has 1 N–H and O–H groups in total. The van der Waals surface area contributed by atoms with Gasteiger partial charge >= 0.3 is 6.18 Å². The summed E-state index contributed by atoms with van der Waals surface area (Å²) in [4.78, 5) is 20.7. The second-order valence-corrected chi connectivity index (χ2v) is 4.68. The maximum atomic E-state index is 12.4. The number of rotatable bonds is 4. The molecular formula is C12H15F3N4O. The minimum atomic E-state index is -4.21. The predicted octanol–water partition coefficient (Wildman–Crippen LogP) is 1.23. The minimum absolute atomic E-state index is 0.160. The molecule has 0 aliphatic carbocycles. The molecule has 5 nitrogen and oxygen atoms in total. The van der Waals surface area contributed by atoms with Crippen molar-refractivity contribution in [2.75, 3.05) is 19.6 Å². The summed E-state index contributed by atoms with van der Waals surface area (Å²) >= 11 is 0. The van der Waals surface area contributed by atoms with Crippen LogP contribution in [0.1, 0.15) is 23.3 Å². The Bertz CT molecular complexity index is 452. The molecule has 1 aliphatic heterocycles. The third kappa shape index (κ3) is 4.16. The van der Waals surface area contributed by atoms with Crippen LogP contribution in [0.2, 0.25) is 0 Å². The average Bonchev–Trinajstić information content (AvgIpc) is 2.82. The molecule has 0 saturated carbocycles. The number of carbonyl (C=O) groups is 1. The Morgan fingerprint density at radius 3 is 2.90 bits per heavy atom. The first-order chi connectivity index (χ1) is 9.46. The van der Waals surface area contributed by atoms with Crippen molar-refractivity contribution < 1.29 is 18.0 Å². The number of carbonyl (C=O) groups excluding carboxylic acids is 1. The van der Waals surface area contributed by atoms with Gasteiger partial charge in [-0.1, -0.05) is 0 Å². The van der Waals surface area contributed by atoms with Gasteiger partial charge in [-0.25, -0.2) is 4.98 Å². The monoisotopic (exact) mass is 288 g/mol. The number of alkyl halides is 3. The Morgan fingerprint density at radius 2 is 2.25 bits per heavy atom. The second kappa shape index (κ2) is 6.17. The normalized spacial score (nSPS) is 20.1. The maximum absolute atomic E-state index is 12.4. The molecule has 1 fully saturated rings. The van der Waals surface area contributed by atoms with E-state index in [0.717, 1.165) is 0 Å². The fraction of sp³-hybridized carbons (Fsp3) is 0.583. The standard InChI is InChI=1S/C12H15F3N4O/c13-12(14,15)8-19-5-1-2-9(19)6-18-11(20)10-7-16-3-4-17-10/h3-4,7,9H,1-2,5-6,8H2,(H,18,20)/t9-/m1/s1. The molecule has 1 aromatic heterocycles. The SMILES string of the molecule is O=C(NC[C@H]1CCCN1CC(F)(F)F)c1cnccn1. The number of hydrogen-bond donors (Lipinski definition) is 1. The fourth-order valence-electron chi connectivity index (χ4n) is 2.28. The highest BCUT2D eigenvalue weighted by atomic mass is 19.4. The largest absolute Gasteiger partial charge is 0.401 e. The third-order valence-corrected chi connectivity index (χ3v) is 3.18. The number of halogens is 3. The van der Waals surface area contributed by atoms with Crippen molar-refractivity contribution in [2.45, 2.75) is 25.1 Å². The topological polar surface area (TPSA) is 58.1 Å². The van der Waals surface area contributed by atoms with E-state index >= 15 is 0 Å². The van der Waals surface area contributed by atoms with E-state index in [4.69, 9.17) is 0 Å². The van der Waals surface area contributed by atoms with E-state index in [2.05, 4.69) is 15.3 Å². The summed E-state index contributed by atoms with van der Waals surface area (Å²) in [5, 5.41) is 2.61. The zero-order valence-corrected chi connectivity index (χ0v) is 10.7. The van der Waals surface area contributed by atoms with Crippen LogP contribution >= 0.6 is 0 Å². The van der Waals surface area contributed by atoms with Crippen LogP contribution in [0.3, 0.4) is 0 Å². The number of nitrogens with one attached hydrogen (secondary N) is 1. The van der Waals surface area contributed by atoms with Crippen LogP contribution in [0.15, 0.2) is 18.6 Å². The van der Waals surface area contributed by atoms with E-state index < -0.39 is 18.6 Å². The van der Waals surface area contributed by atoms with Gasteiger partial charge in [0, 0.05) is 25.0 Å². The van der Waals surface area contributed by atoms with Gasteiger partial charge in [-0.05, 0) is 19.4 Å². The molecule has 1 saturated heterocycles. The van der Waals surface area contributed by atoms with Crippen molar-refractivity contribution in [1.82, 2.24) is 20.2 Å². The summed E-state index contributed by atoms with van der Waals surface area (Å²) in [7, 11) is 0. The van der Waals surface area contributed by atoms with Gasteiger partial charge in [0.15, 0.2) is 0 Å². The van der Waals surface area contributed by atoms with Crippen molar-refractivity contribution >= 4 is 5.91 Å². The summed E-state index contributed by atoms with van der Waals surface area (Å²) in [6.07, 6.45) is 1.30. The Balaban J connectivity index is 1.85. The lowest BCUT2D eigenvalue weighted by atomic mass is 10.2. The van der Waals surface area contributed by atoms with Gasteiger partial charge in [0.1, 0.15) is 5.69 Å². The minimum Gasteiger partial charge on any atom is -0.349 e. The van der Waals surface area contributed by atoms with Crippen molar-refractivity contribution in [2.24, 2.45) is 0 Å². The van der Waals surface area contributed by atoms with Gasteiger partial charge in [-0.2, -0.15) is 13.2 Å². The van der Waals surface area contributed by atoms with Gasteiger partial charge in [-0.3, -0.25) is 14.7 Å². The molecule has 2 heterocycles. The molecule has 2 rings (SSSR count). The Labute approximate surface area is 114 Å². The Morgan fingerprint density at radius 1 is 1.45 bits per heavy atom. The van der Waals surface area contributed by atoms with E-state index in [1.807, 2.05) is 0 Å². The zero-order chi connectivity index (χ0) is 14.6. The molecule has 20 heavy (non-hydrogen) atoms. The average molecular weight is 288 g/mol. The van der Waals surface area contributed by atoms with Crippen LogP contribution < -0.4 is 5.32 Å². The molecular weight excluding hydrogens is 273 g/mol. The second-order valence-electron chi connectivity index (χ2n) is 4.68. The quantitative estimate of drug-likeness (QED) is 0.905. The molecule has 1 aliphatic rings. The van der Waals surface area contributed by atoms with Crippen molar-refractivity contribution in [3.05, 3.63) is 24.3 Å². The lowest BCUT2D eigenvalue weighted by molar-refractivity contribution is -0.147. The summed E-state index contributed by atoms with van der Waals surface area (Å²) in [6, 6.07) is -0.280. The molecule has 0 bridgehead atoms. The zero-order valence-electron chi connectivity index (χ0n) is 10.7. The predicted molar refractivity (Wildman–Crippen MR) is 65.0 cm³/mol. The molecule has 0 aromatic carbocycles. The molecule has 0 unspecified atom stereocenters. The van der Waals surface area contributed by atoms with Crippen LogP contribution in [-0.2, 0) is 0 Å². The van der Waals surface area contributed by atoms with Crippen molar-refractivity contribution in [1.29, 1.82) is 0 Å². The van der Waals surface area contributed by atoms with E-state index in [0.29, 0.717) is 19.4 Å². The van der Waals surface area contributed by atoms with Crippen molar-refractivity contribution in [3.63, 3.8) is 0 Å². The van der Waals surface area contributed by atoms with Gasteiger partial charge in [0.05, 0.1) is 12.7 Å². The van der Waals surface area contributed by atoms with Crippen LogP contribution in [0.25, 0.3) is 0 Å². The Hall–Kier alpha value is -1.70. The molecule has 110 valence electrons. The molecule has 1 aromatic rings. The third-order valence-electron chi connectivity index (χ3n) is 3.18. The summed E-state index contributed by atoms with van der Waals surface area (Å²) < 4.78 is 37.2. The van der Waals surface area contributed by atoms with E-state index in [1.54, 1.807) is 0 Å². The Kier molecular flexibility index (Phi) is 4.53. The molecule has 1 amide bonds. The summed E-state index contributed by atoms with van der Waals surface area (Å²) in [5.74, 6) is -0.419. The first-order valence-electron chi connectivity index (χ1n) is 6.31. The van der Waals surface area contributed by atoms with E-state index in [1.165, 1.54) is 23.5 Å². The van der Waals surface area contributed by atoms with Crippen LogP contribution in [0.4, 0.5) is 13.2 Å². The first-order valence-corrected chi connectivity index (χ1v) is 6.31. The highest BCUT2D eigenvalue weighted by Gasteiger charge is 2.36. The van der Waals surface area contributed by atoms with Gasteiger partial charge < -0.3 is 5.32 Å². The first kappa shape index (κ1) is 14.7. The number of hydrogen-bond acceptors (Lipinski definition) is 4. The lowest BCUT2D eigenvalue weighted by Crippen LogP contribution is -2.44. The van der Waals surface area contributed by atoms with Gasteiger partial charge in [0.2, 0.25) is 0 Å². The summed E-state index contributed by atoms with van der Waals surface area (Å²) in [5.41, 5.74) is 0.160. The van der Waals surface area contributed by atoms with Gasteiger partial charge in [-0.15, -0.1) is 0 Å². The number of nitrogens with zero attached hydrogens (tertiary/aromatic N) is 3. The van der Waals surface area contributed by atoms with Crippen LogP contribution in [0, 0.1) is 0 Å².